The van der Waals surface area contributed by atoms with Crippen molar-refractivity contribution in [2.45, 2.75) is 33.2 Å². The number of carbonyl (C=O) groups is 1. The average molecular weight is 394 g/mol. The number of rotatable bonds is 7. The van der Waals surface area contributed by atoms with Crippen molar-refractivity contribution in [3.05, 3.63) is 64.4 Å². The van der Waals surface area contributed by atoms with Crippen LogP contribution in [0.25, 0.3) is 10.9 Å². The molecule has 3 rings (SSSR count). The molecule has 6 nitrogen and oxygen atoms in total. The van der Waals surface area contributed by atoms with E-state index in [1.165, 1.54) is 0 Å². The van der Waals surface area contributed by atoms with E-state index in [0.717, 1.165) is 16.5 Å². The molecule has 29 heavy (non-hydrogen) atoms. The molecule has 0 unspecified atom stereocenters. The summed E-state index contributed by atoms with van der Waals surface area (Å²) in [4.78, 5) is 24.7. The largest absolute Gasteiger partial charge is 0.497 e. The topological polar surface area (TPSA) is 69.6 Å². The summed E-state index contributed by atoms with van der Waals surface area (Å²) in [6.45, 7) is 6.50. The summed E-state index contributed by atoms with van der Waals surface area (Å²) in [7, 11) is 1.57. The van der Waals surface area contributed by atoms with Gasteiger partial charge in [0.15, 0.2) is 6.61 Å². The number of amides is 1. The molecule has 1 aromatic heterocycles. The molecule has 0 saturated carbocycles. The maximum atomic E-state index is 12.5. The molecule has 1 N–H and O–H groups in total. The smallest absolute Gasteiger partial charge is 0.262 e. The Morgan fingerprint density at radius 3 is 2.59 bits per heavy atom. The summed E-state index contributed by atoms with van der Waals surface area (Å²) in [5.41, 5.74) is 2.43. The zero-order valence-corrected chi connectivity index (χ0v) is 17.2. The lowest BCUT2D eigenvalue weighted by Gasteiger charge is -2.16. The van der Waals surface area contributed by atoms with Crippen molar-refractivity contribution in [1.29, 1.82) is 0 Å². The molecule has 3 aromatic rings. The van der Waals surface area contributed by atoms with E-state index in [-0.39, 0.29) is 24.0 Å². The number of hydrogen-bond acceptors (Lipinski definition) is 4. The van der Waals surface area contributed by atoms with Gasteiger partial charge in [-0.2, -0.15) is 0 Å². The summed E-state index contributed by atoms with van der Waals surface area (Å²) in [5.74, 6) is 1.16. The summed E-state index contributed by atoms with van der Waals surface area (Å²) in [6.07, 6.45) is 0. The number of nitrogens with zero attached hydrogens (tertiary/aromatic N) is 1. The van der Waals surface area contributed by atoms with Gasteiger partial charge in [0.1, 0.15) is 11.5 Å². The molecule has 0 spiro atoms. The molecule has 2 aromatic carbocycles. The van der Waals surface area contributed by atoms with Gasteiger partial charge in [0.2, 0.25) is 0 Å². The first kappa shape index (κ1) is 20.5. The van der Waals surface area contributed by atoms with E-state index in [1.54, 1.807) is 42.0 Å². The molecule has 0 saturated heterocycles. The van der Waals surface area contributed by atoms with Crippen LogP contribution in [-0.2, 0) is 11.3 Å². The van der Waals surface area contributed by atoms with Gasteiger partial charge in [0, 0.05) is 35.8 Å². The first-order valence-corrected chi connectivity index (χ1v) is 9.67. The minimum Gasteiger partial charge on any atom is -0.497 e. The Labute approximate surface area is 170 Å². The van der Waals surface area contributed by atoms with Crippen LogP contribution in [0.3, 0.4) is 0 Å². The Morgan fingerprint density at radius 2 is 1.90 bits per heavy atom. The van der Waals surface area contributed by atoms with Gasteiger partial charge in [-0.3, -0.25) is 9.59 Å². The molecule has 0 aliphatic rings. The molecular weight excluding hydrogens is 368 g/mol. The second kappa shape index (κ2) is 8.82. The van der Waals surface area contributed by atoms with Gasteiger partial charge < -0.3 is 19.4 Å². The third kappa shape index (κ3) is 4.59. The van der Waals surface area contributed by atoms with Crippen LogP contribution >= 0.6 is 0 Å². The van der Waals surface area contributed by atoms with Crippen LogP contribution in [0, 0.1) is 0 Å². The Morgan fingerprint density at radius 1 is 1.10 bits per heavy atom. The van der Waals surface area contributed by atoms with E-state index < -0.39 is 0 Å². The summed E-state index contributed by atoms with van der Waals surface area (Å²) < 4.78 is 12.6. The number of methoxy groups -OCH3 is 1. The minimum atomic E-state index is -0.276. The van der Waals surface area contributed by atoms with Crippen LogP contribution in [0.2, 0.25) is 0 Å². The number of fused-ring (bicyclic) bond motifs is 1. The number of hydrogen-bond donors (Lipinski definition) is 1. The van der Waals surface area contributed by atoms with Crippen molar-refractivity contribution in [1.82, 2.24) is 4.57 Å². The fourth-order valence-corrected chi connectivity index (χ4v) is 3.33. The zero-order valence-electron chi connectivity index (χ0n) is 17.2. The number of ether oxygens (including phenoxy) is 2. The van der Waals surface area contributed by atoms with Crippen molar-refractivity contribution in [2.24, 2.45) is 0 Å². The summed E-state index contributed by atoms with van der Waals surface area (Å²) in [5, 5.41) is 3.80. The van der Waals surface area contributed by atoms with E-state index in [2.05, 4.69) is 19.2 Å². The zero-order chi connectivity index (χ0) is 21.0. The van der Waals surface area contributed by atoms with Crippen molar-refractivity contribution < 1.29 is 14.3 Å². The molecule has 152 valence electrons. The van der Waals surface area contributed by atoms with Crippen LogP contribution in [0.15, 0.2) is 53.3 Å². The fraction of sp³-hybridized carbons (Fsp3) is 0.304. The van der Waals surface area contributed by atoms with E-state index in [0.29, 0.717) is 23.7 Å². The minimum absolute atomic E-state index is 0.0309. The van der Waals surface area contributed by atoms with E-state index >= 15 is 0 Å². The monoisotopic (exact) mass is 394 g/mol. The highest BCUT2D eigenvalue weighted by Gasteiger charge is 2.12. The van der Waals surface area contributed by atoms with E-state index in [9.17, 15) is 9.59 Å². The SMILES string of the molecule is CCn1c(=O)cc(C(C)C)c2ccc(OCC(=O)Nc3cccc(OC)c3)cc21. The molecule has 0 bridgehead atoms. The van der Waals surface area contributed by atoms with Crippen LogP contribution in [0.1, 0.15) is 32.3 Å². The number of benzene rings is 2. The van der Waals surface area contributed by atoms with Crippen LogP contribution < -0.4 is 20.3 Å². The van der Waals surface area contributed by atoms with E-state index in [4.69, 9.17) is 9.47 Å². The van der Waals surface area contributed by atoms with Crippen molar-refractivity contribution in [2.75, 3.05) is 19.0 Å². The standard InChI is InChI=1S/C23H26N2O4/c1-5-25-21-12-18(9-10-19(21)20(15(2)3)13-23(25)27)29-14-22(26)24-16-7-6-8-17(11-16)28-4/h6-13,15H,5,14H2,1-4H3,(H,24,26). The predicted octanol–water partition coefficient (Wildman–Crippen LogP) is 4.17. The number of nitrogens with one attached hydrogen (secondary N) is 1. The lowest BCUT2D eigenvalue weighted by molar-refractivity contribution is -0.118. The average Bonchev–Trinajstić information content (AvgIpc) is 2.71. The lowest BCUT2D eigenvalue weighted by Crippen LogP contribution is -2.21. The third-order valence-corrected chi connectivity index (χ3v) is 4.78. The number of carbonyl (C=O) groups excluding carboxylic acids is 1. The molecule has 0 atom stereocenters. The maximum Gasteiger partial charge on any atom is 0.262 e. The first-order chi connectivity index (χ1) is 13.9. The fourth-order valence-electron chi connectivity index (χ4n) is 3.33. The van der Waals surface area contributed by atoms with Gasteiger partial charge in [0.05, 0.1) is 12.6 Å². The number of pyridine rings is 1. The molecule has 1 amide bonds. The Bertz CT molecular complexity index is 1090. The molecule has 0 radical (unpaired) electrons. The van der Waals surface area contributed by atoms with Crippen molar-refractivity contribution in [3.8, 4) is 11.5 Å². The summed E-state index contributed by atoms with van der Waals surface area (Å²) >= 11 is 0. The number of anilines is 1. The number of aromatic nitrogens is 1. The Kier molecular flexibility index (Phi) is 6.22. The van der Waals surface area contributed by atoms with Crippen LogP contribution in [-0.4, -0.2) is 24.2 Å². The quantitative estimate of drug-likeness (QED) is 0.653. The Hall–Kier alpha value is -3.28. The molecule has 6 heteroatoms. The highest BCUT2D eigenvalue weighted by molar-refractivity contribution is 5.92. The van der Waals surface area contributed by atoms with Gasteiger partial charge >= 0.3 is 0 Å². The molecule has 0 aliphatic heterocycles. The normalized spacial score (nSPS) is 10.9. The first-order valence-electron chi connectivity index (χ1n) is 9.67. The van der Waals surface area contributed by atoms with Gasteiger partial charge in [-0.1, -0.05) is 19.9 Å². The molecule has 0 aliphatic carbocycles. The van der Waals surface area contributed by atoms with E-state index in [1.807, 2.05) is 25.1 Å². The third-order valence-electron chi connectivity index (χ3n) is 4.78. The predicted molar refractivity (Wildman–Crippen MR) is 115 cm³/mol. The van der Waals surface area contributed by atoms with Gasteiger partial charge in [-0.05, 0) is 42.7 Å². The van der Waals surface area contributed by atoms with Gasteiger partial charge in [-0.25, -0.2) is 0 Å². The summed E-state index contributed by atoms with van der Waals surface area (Å²) in [6, 6.07) is 14.4. The Balaban J connectivity index is 1.80. The van der Waals surface area contributed by atoms with Gasteiger partial charge in [-0.15, -0.1) is 0 Å². The second-order valence-electron chi connectivity index (χ2n) is 7.08. The van der Waals surface area contributed by atoms with Gasteiger partial charge in [0.25, 0.3) is 11.5 Å². The van der Waals surface area contributed by atoms with Crippen LogP contribution in [0.5, 0.6) is 11.5 Å². The van der Waals surface area contributed by atoms with Crippen molar-refractivity contribution in [3.63, 3.8) is 0 Å². The maximum absolute atomic E-state index is 12.5. The highest BCUT2D eigenvalue weighted by atomic mass is 16.5. The second-order valence-corrected chi connectivity index (χ2v) is 7.08. The lowest BCUT2D eigenvalue weighted by atomic mass is 9.98. The highest BCUT2D eigenvalue weighted by Crippen LogP contribution is 2.27. The molecular formula is C23H26N2O4. The van der Waals surface area contributed by atoms with Crippen molar-refractivity contribution >= 4 is 22.5 Å². The van der Waals surface area contributed by atoms with Crippen LogP contribution in [0.4, 0.5) is 5.69 Å². The molecule has 0 fully saturated rings. The molecule has 1 heterocycles. The number of aryl methyl sites for hydroxylation is 1.